The minimum Gasteiger partial charge on any atom is -0.481 e. The SMILES string of the molecule is C#CCOc1ccccc1CNCCC#N. The Bertz CT molecular complexity index is 401. The van der Waals surface area contributed by atoms with Crippen LogP contribution in [0.1, 0.15) is 12.0 Å². The number of rotatable bonds is 6. The smallest absolute Gasteiger partial charge is 0.148 e. The van der Waals surface area contributed by atoms with Crippen LogP contribution in [-0.2, 0) is 6.54 Å². The van der Waals surface area contributed by atoms with E-state index in [1.165, 1.54) is 0 Å². The zero-order valence-corrected chi connectivity index (χ0v) is 9.07. The Morgan fingerprint density at radius 2 is 2.19 bits per heavy atom. The molecular formula is C13H14N2O. The van der Waals surface area contributed by atoms with Gasteiger partial charge in [-0.1, -0.05) is 24.1 Å². The van der Waals surface area contributed by atoms with Crippen molar-refractivity contribution in [1.82, 2.24) is 5.32 Å². The molecule has 0 bridgehead atoms. The largest absolute Gasteiger partial charge is 0.481 e. The van der Waals surface area contributed by atoms with Crippen molar-refractivity contribution in [3.63, 3.8) is 0 Å². The molecule has 3 nitrogen and oxygen atoms in total. The van der Waals surface area contributed by atoms with E-state index >= 15 is 0 Å². The molecular weight excluding hydrogens is 200 g/mol. The van der Waals surface area contributed by atoms with E-state index in [1.54, 1.807) is 0 Å². The second-order valence-electron chi connectivity index (χ2n) is 3.19. The fourth-order valence-corrected chi connectivity index (χ4v) is 1.28. The third-order valence-corrected chi connectivity index (χ3v) is 2.01. The molecule has 1 rings (SSSR count). The summed E-state index contributed by atoms with van der Waals surface area (Å²) in [6.45, 7) is 1.64. The summed E-state index contributed by atoms with van der Waals surface area (Å²) in [6.07, 6.45) is 5.65. The second kappa shape index (κ2) is 7.34. The van der Waals surface area contributed by atoms with E-state index in [1.807, 2.05) is 24.3 Å². The van der Waals surface area contributed by atoms with Gasteiger partial charge in [0.1, 0.15) is 12.4 Å². The molecule has 0 amide bonds. The fourth-order valence-electron chi connectivity index (χ4n) is 1.28. The van der Waals surface area contributed by atoms with Crippen LogP contribution in [0.4, 0.5) is 0 Å². The first-order chi connectivity index (χ1) is 7.88. The lowest BCUT2D eigenvalue weighted by atomic mass is 10.2. The molecule has 0 atom stereocenters. The Morgan fingerprint density at radius 3 is 2.94 bits per heavy atom. The Balaban J connectivity index is 2.51. The minimum absolute atomic E-state index is 0.273. The molecule has 1 aromatic rings. The first-order valence-electron chi connectivity index (χ1n) is 5.10. The molecule has 16 heavy (non-hydrogen) atoms. The summed E-state index contributed by atoms with van der Waals surface area (Å²) in [4.78, 5) is 0. The summed E-state index contributed by atoms with van der Waals surface area (Å²) in [5, 5.41) is 11.6. The Hall–Kier alpha value is -1.97. The molecule has 3 heteroatoms. The molecule has 0 saturated carbocycles. The average molecular weight is 214 g/mol. The molecule has 0 saturated heterocycles. The quantitative estimate of drug-likeness (QED) is 0.579. The van der Waals surface area contributed by atoms with Crippen LogP contribution in [0.2, 0.25) is 0 Å². The van der Waals surface area contributed by atoms with Gasteiger partial charge in [0.05, 0.1) is 6.07 Å². The molecule has 0 radical (unpaired) electrons. The highest BCUT2D eigenvalue weighted by Crippen LogP contribution is 2.17. The van der Waals surface area contributed by atoms with E-state index in [4.69, 9.17) is 16.4 Å². The molecule has 0 aliphatic carbocycles. The van der Waals surface area contributed by atoms with Crippen molar-refractivity contribution >= 4 is 0 Å². The van der Waals surface area contributed by atoms with Crippen LogP contribution in [0.5, 0.6) is 5.75 Å². The highest BCUT2D eigenvalue weighted by molar-refractivity contribution is 5.33. The van der Waals surface area contributed by atoms with Crippen LogP contribution in [-0.4, -0.2) is 13.2 Å². The van der Waals surface area contributed by atoms with Gasteiger partial charge in [-0.05, 0) is 6.07 Å². The first kappa shape index (κ1) is 12.1. The molecule has 1 N–H and O–H groups in total. The highest BCUT2D eigenvalue weighted by Gasteiger charge is 2.01. The van der Waals surface area contributed by atoms with Crippen LogP contribution < -0.4 is 10.1 Å². The van der Waals surface area contributed by atoms with Crippen LogP contribution in [0.3, 0.4) is 0 Å². The summed E-state index contributed by atoms with van der Waals surface area (Å²) < 4.78 is 5.40. The lowest BCUT2D eigenvalue weighted by molar-refractivity contribution is 0.365. The number of nitrogens with zero attached hydrogens (tertiary/aromatic N) is 1. The maximum Gasteiger partial charge on any atom is 0.148 e. The van der Waals surface area contributed by atoms with Gasteiger partial charge in [-0.25, -0.2) is 0 Å². The molecule has 0 heterocycles. The van der Waals surface area contributed by atoms with Crippen molar-refractivity contribution in [2.45, 2.75) is 13.0 Å². The third-order valence-electron chi connectivity index (χ3n) is 2.01. The number of para-hydroxylation sites is 1. The van der Waals surface area contributed by atoms with Crippen molar-refractivity contribution in [2.75, 3.05) is 13.2 Å². The van der Waals surface area contributed by atoms with Gasteiger partial charge in [0.2, 0.25) is 0 Å². The zero-order chi connectivity index (χ0) is 11.6. The lowest BCUT2D eigenvalue weighted by Gasteiger charge is -2.09. The first-order valence-corrected chi connectivity index (χ1v) is 5.10. The molecule has 1 aromatic carbocycles. The second-order valence-corrected chi connectivity index (χ2v) is 3.19. The number of nitrogens with one attached hydrogen (secondary N) is 1. The van der Waals surface area contributed by atoms with Crippen LogP contribution in [0, 0.1) is 23.7 Å². The predicted octanol–water partition coefficient (Wildman–Crippen LogP) is 1.70. The molecule has 0 fully saturated rings. The topological polar surface area (TPSA) is 45.0 Å². The van der Waals surface area contributed by atoms with Crippen molar-refractivity contribution < 1.29 is 4.74 Å². The number of hydrogen-bond donors (Lipinski definition) is 1. The van der Waals surface area contributed by atoms with E-state index < -0.39 is 0 Å². The van der Waals surface area contributed by atoms with Crippen molar-refractivity contribution in [3.05, 3.63) is 29.8 Å². The van der Waals surface area contributed by atoms with Gasteiger partial charge in [-0.2, -0.15) is 5.26 Å². The summed E-state index contributed by atoms with van der Waals surface area (Å²) >= 11 is 0. The Morgan fingerprint density at radius 1 is 1.38 bits per heavy atom. The third kappa shape index (κ3) is 4.04. The maximum atomic E-state index is 8.40. The molecule has 82 valence electrons. The van der Waals surface area contributed by atoms with Gasteiger partial charge in [0.25, 0.3) is 0 Å². The number of ether oxygens (including phenoxy) is 1. The normalized spacial score (nSPS) is 9.12. The standard InChI is InChI=1S/C13H14N2O/c1-2-10-16-13-7-4-3-6-12(13)11-15-9-5-8-14/h1,3-4,6-7,15H,5,9-11H2. The minimum atomic E-state index is 0.273. The molecule has 0 aromatic heterocycles. The predicted molar refractivity (Wildman–Crippen MR) is 62.7 cm³/mol. The Labute approximate surface area is 96.0 Å². The van der Waals surface area contributed by atoms with E-state index in [2.05, 4.69) is 17.3 Å². The lowest BCUT2D eigenvalue weighted by Crippen LogP contribution is -2.15. The number of benzene rings is 1. The van der Waals surface area contributed by atoms with Crippen molar-refractivity contribution in [2.24, 2.45) is 0 Å². The molecule has 0 spiro atoms. The monoisotopic (exact) mass is 214 g/mol. The Kier molecular flexibility index (Phi) is 5.55. The maximum absolute atomic E-state index is 8.40. The van der Waals surface area contributed by atoms with Gasteiger partial charge in [-0.3, -0.25) is 0 Å². The van der Waals surface area contributed by atoms with Crippen LogP contribution in [0.15, 0.2) is 24.3 Å². The number of nitriles is 1. The van der Waals surface area contributed by atoms with Crippen LogP contribution in [0.25, 0.3) is 0 Å². The van der Waals surface area contributed by atoms with E-state index in [9.17, 15) is 0 Å². The highest BCUT2D eigenvalue weighted by atomic mass is 16.5. The van der Waals surface area contributed by atoms with E-state index in [0.717, 1.165) is 11.3 Å². The number of hydrogen-bond acceptors (Lipinski definition) is 3. The van der Waals surface area contributed by atoms with Gasteiger partial charge in [0.15, 0.2) is 0 Å². The summed E-state index contributed by atoms with van der Waals surface area (Å²) in [7, 11) is 0. The number of terminal acetylenes is 1. The van der Waals surface area contributed by atoms with Gasteiger partial charge in [0, 0.05) is 25.1 Å². The average Bonchev–Trinajstić information content (AvgIpc) is 2.33. The van der Waals surface area contributed by atoms with Gasteiger partial charge >= 0.3 is 0 Å². The van der Waals surface area contributed by atoms with Gasteiger partial charge in [-0.15, -0.1) is 6.42 Å². The van der Waals surface area contributed by atoms with Crippen molar-refractivity contribution in [1.29, 1.82) is 5.26 Å². The zero-order valence-electron chi connectivity index (χ0n) is 9.07. The summed E-state index contributed by atoms with van der Waals surface area (Å²) in [5.74, 6) is 3.23. The molecule has 0 unspecified atom stereocenters. The summed E-state index contributed by atoms with van der Waals surface area (Å²) in [6, 6.07) is 9.80. The van der Waals surface area contributed by atoms with E-state index in [-0.39, 0.29) is 6.61 Å². The molecule has 0 aliphatic rings. The fraction of sp³-hybridized carbons (Fsp3) is 0.308. The van der Waals surface area contributed by atoms with E-state index in [0.29, 0.717) is 19.5 Å². The van der Waals surface area contributed by atoms with Crippen LogP contribution >= 0.6 is 0 Å². The molecule has 0 aliphatic heterocycles. The summed E-state index contributed by atoms with van der Waals surface area (Å²) in [5.41, 5.74) is 1.05. The van der Waals surface area contributed by atoms with Gasteiger partial charge < -0.3 is 10.1 Å². The van der Waals surface area contributed by atoms with Crippen molar-refractivity contribution in [3.8, 4) is 24.2 Å².